The van der Waals surface area contributed by atoms with E-state index in [2.05, 4.69) is 9.97 Å². The van der Waals surface area contributed by atoms with Crippen molar-refractivity contribution in [2.24, 2.45) is 0 Å². The van der Waals surface area contributed by atoms with Crippen LogP contribution in [0.3, 0.4) is 0 Å². The average molecular weight is 240 g/mol. The summed E-state index contributed by atoms with van der Waals surface area (Å²) < 4.78 is 5.20. The lowest BCUT2D eigenvalue weighted by Gasteiger charge is -1.97. The zero-order chi connectivity index (χ0) is 12.5. The van der Waals surface area contributed by atoms with Crippen molar-refractivity contribution in [1.82, 2.24) is 9.97 Å². The number of aromatic amines is 1. The lowest BCUT2D eigenvalue weighted by atomic mass is 10.1. The van der Waals surface area contributed by atoms with Crippen molar-refractivity contribution in [1.29, 1.82) is 0 Å². The fourth-order valence-electron chi connectivity index (χ4n) is 1.90. The van der Waals surface area contributed by atoms with Gasteiger partial charge < -0.3 is 9.40 Å². The second-order valence-electron chi connectivity index (χ2n) is 3.81. The van der Waals surface area contributed by atoms with Gasteiger partial charge in [-0.2, -0.15) is 0 Å². The van der Waals surface area contributed by atoms with Crippen molar-refractivity contribution >= 4 is 23.0 Å². The number of ketones is 1. The summed E-state index contributed by atoms with van der Waals surface area (Å²) in [6, 6.07) is 5.48. The number of Topliss-reactive ketones (excluding diaryl/α,β-unsaturated/α-hetero) is 1. The van der Waals surface area contributed by atoms with Gasteiger partial charge in [-0.05, 0) is 18.2 Å². The number of fused-ring (bicyclic) bond motifs is 1. The molecule has 0 unspecified atom stereocenters. The number of hydrogen-bond acceptors (Lipinski definition) is 4. The number of carbonyl (C=O) groups is 2. The zero-order valence-corrected chi connectivity index (χ0v) is 9.21. The van der Waals surface area contributed by atoms with Gasteiger partial charge in [-0.3, -0.25) is 9.59 Å². The molecule has 5 heteroatoms. The summed E-state index contributed by atoms with van der Waals surface area (Å²) in [4.78, 5) is 28.8. The van der Waals surface area contributed by atoms with Crippen molar-refractivity contribution < 1.29 is 14.0 Å². The van der Waals surface area contributed by atoms with Crippen molar-refractivity contribution in [3.63, 3.8) is 0 Å². The van der Waals surface area contributed by atoms with Crippen LogP contribution in [0.15, 0.2) is 41.4 Å². The number of oxazole rings is 1. The molecule has 3 rings (SSSR count). The Morgan fingerprint density at radius 3 is 3.00 bits per heavy atom. The summed E-state index contributed by atoms with van der Waals surface area (Å²) in [6.45, 7) is 0. The van der Waals surface area contributed by atoms with Crippen LogP contribution in [-0.2, 0) is 4.79 Å². The summed E-state index contributed by atoms with van der Waals surface area (Å²) in [7, 11) is 0. The Balaban J connectivity index is 2.21. The van der Waals surface area contributed by atoms with E-state index in [1.807, 2.05) is 12.1 Å². The molecule has 0 amide bonds. The molecule has 0 bridgehead atoms. The van der Waals surface area contributed by atoms with Crippen LogP contribution in [-0.4, -0.2) is 22.0 Å². The van der Waals surface area contributed by atoms with Gasteiger partial charge in [-0.15, -0.1) is 0 Å². The minimum Gasteiger partial charge on any atom is -0.444 e. The lowest BCUT2D eigenvalue weighted by molar-refractivity contribution is -0.104. The number of nitrogens with one attached hydrogen (secondary N) is 1. The van der Waals surface area contributed by atoms with E-state index in [4.69, 9.17) is 4.42 Å². The molecule has 0 fully saturated rings. The molecule has 1 N–H and O–H groups in total. The number of H-pyrrole nitrogens is 1. The Hall–Kier alpha value is -2.69. The van der Waals surface area contributed by atoms with Crippen LogP contribution >= 0.6 is 0 Å². The third-order valence-corrected chi connectivity index (χ3v) is 2.77. The Morgan fingerprint density at radius 1 is 1.39 bits per heavy atom. The molecule has 88 valence electrons. The van der Waals surface area contributed by atoms with Crippen LogP contribution in [0.2, 0.25) is 0 Å². The molecule has 2 heterocycles. The third-order valence-electron chi connectivity index (χ3n) is 2.77. The number of nitrogens with zero attached hydrogens (tertiary/aromatic N) is 1. The number of aldehydes is 1. The fraction of sp³-hybridized carbons (Fsp3) is 0. The molecule has 0 atom stereocenters. The monoisotopic (exact) mass is 240 g/mol. The second-order valence-corrected chi connectivity index (χ2v) is 3.81. The molecule has 18 heavy (non-hydrogen) atoms. The van der Waals surface area contributed by atoms with Gasteiger partial charge in [0.25, 0.3) is 0 Å². The number of carbonyl (C=O) groups excluding carboxylic acids is 2. The highest BCUT2D eigenvalue weighted by atomic mass is 16.3. The van der Waals surface area contributed by atoms with E-state index in [-0.39, 0.29) is 0 Å². The highest BCUT2D eigenvalue weighted by Gasteiger charge is 2.12. The maximum absolute atomic E-state index is 11.5. The Kier molecular flexibility index (Phi) is 2.30. The van der Waals surface area contributed by atoms with Gasteiger partial charge in [0.1, 0.15) is 0 Å². The van der Waals surface area contributed by atoms with Crippen molar-refractivity contribution in [3.8, 4) is 11.3 Å². The van der Waals surface area contributed by atoms with Crippen molar-refractivity contribution in [3.05, 3.63) is 42.5 Å². The normalized spacial score (nSPS) is 10.7. The molecule has 0 aliphatic heterocycles. The van der Waals surface area contributed by atoms with Crippen molar-refractivity contribution in [2.45, 2.75) is 0 Å². The summed E-state index contributed by atoms with van der Waals surface area (Å²) in [5, 5.41) is 0.695. The van der Waals surface area contributed by atoms with Gasteiger partial charge in [0.15, 0.2) is 18.4 Å². The van der Waals surface area contributed by atoms with Gasteiger partial charge in [-0.1, -0.05) is 0 Å². The van der Waals surface area contributed by atoms with Gasteiger partial charge in [0, 0.05) is 22.7 Å². The van der Waals surface area contributed by atoms with Crippen molar-refractivity contribution in [2.75, 3.05) is 0 Å². The minimum atomic E-state index is -0.545. The van der Waals surface area contributed by atoms with E-state index in [1.165, 1.54) is 12.6 Å². The van der Waals surface area contributed by atoms with Gasteiger partial charge in [-0.25, -0.2) is 4.98 Å². The van der Waals surface area contributed by atoms with E-state index in [1.54, 1.807) is 12.3 Å². The van der Waals surface area contributed by atoms with Crippen LogP contribution in [0.4, 0.5) is 0 Å². The molecule has 1 aromatic carbocycles. The SMILES string of the molecule is O=CC(=O)c1c[nH]c2ccc(-c3cnco3)cc12. The molecule has 2 aromatic heterocycles. The number of benzene rings is 1. The summed E-state index contributed by atoms with van der Waals surface area (Å²) in [5.41, 5.74) is 1.96. The first-order valence-electron chi connectivity index (χ1n) is 5.29. The minimum absolute atomic E-state index is 0.309. The smallest absolute Gasteiger partial charge is 0.227 e. The first kappa shape index (κ1) is 10.5. The Labute approximate surface area is 101 Å². The number of aromatic nitrogens is 2. The quantitative estimate of drug-likeness (QED) is 0.432. The first-order chi connectivity index (χ1) is 8.79. The van der Waals surface area contributed by atoms with E-state index < -0.39 is 5.78 Å². The second kappa shape index (κ2) is 3.96. The molecule has 0 saturated heterocycles. The van der Waals surface area contributed by atoms with Gasteiger partial charge in [0.05, 0.1) is 11.8 Å². The Bertz CT molecular complexity index is 726. The molecule has 0 aliphatic carbocycles. The molecule has 0 saturated carbocycles. The van der Waals surface area contributed by atoms with E-state index in [0.717, 1.165) is 11.1 Å². The number of rotatable bonds is 3. The van der Waals surface area contributed by atoms with Gasteiger partial charge in [0.2, 0.25) is 5.78 Å². The maximum atomic E-state index is 11.5. The van der Waals surface area contributed by atoms with E-state index in [0.29, 0.717) is 23.0 Å². The molecular formula is C13H8N2O3. The predicted molar refractivity (Wildman–Crippen MR) is 64.2 cm³/mol. The molecular weight excluding hydrogens is 232 g/mol. The van der Waals surface area contributed by atoms with Crippen LogP contribution in [0.25, 0.3) is 22.2 Å². The molecule has 3 aromatic rings. The summed E-state index contributed by atoms with van der Waals surface area (Å²) in [6.07, 6.45) is 4.78. The van der Waals surface area contributed by atoms with Crippen LogP contribution in [0.1, 0.15) is 10.4 Å². The average Bonchev–Trinajstić information content (AvgIpc) is 3.06. The lowest BCUT2D eigenvalue weighted by Crippen LogP contribution is -1.97. The number of hydrogen-bond donors (Lipinski definition) is 1. The molecule has 0 spiro atoms. The summed E-state index contributed by atoms with van der Waals surface area (Å²) in [5.74, 6) is 0.0681. The van der Waals surface area contributed by atoms with E-state index >= 15 is 0 Å². The predicted octanol–water partition coefficient (Wildman–Crippen LogP) is 2.20. The van der Waals surface area contributed by atoms with Crippen LogP contribution in [0.5, 0.6) is 0 Å². The standard InChI is InChI=1S/C13H8N2O3/c16-6-12(17)10-4-15-11-2-1-8(3-9(10)11)13-5-14-7-18-13/h1-7,15H. The third kappa shape index (κ3) is 1.53. The summed E-state index contributed by atoms with van der Waals surface area (Å²) >= 11 is 0. The van der Waals surface area contributed by atoms with Crippen LogP contribution in [0, 0.1) is 0 Å². The fourth-order valence-corrected chi connectivity index (χ4v) is 1.90. The molecule has 0 aliphatic rings. The molecule has 0 radical (unpaired) electrons. The molecule has 5 nitrogen and oxygen atoms in total. The first-order valence-corrected chi connectivity index (χ1v) is 5.29. The van der Waals surface area contributed by atoms with Crippen LogP contribution < -0.4 is 0 Å². The highest BCUT2D eigenvalue weighted by Crippen LogP contribution is 2.26. The Morgan fingerprint density at radius 2 is 2.28 bits per heavy atom. The zero-order valence-electron chi connectivity index (χ0n) is 9.21. The highest BCUT2D eigenvalue weighted by molar-refractivity contribution is 6.36. The van der Waals surface area contributed by atoms with Gasteiger partial charge >= 0.3 is 0 Å². The van der Waals surface area contributed by atoms with E-state index in [9.17, 15) is 9.59 Å². The largest absolute Gasteiger partial charge is 0.444 e. The topological polar surface area (TPSA) is 76.0 Å². The maximum Gasteiger partial charge on any atom is 0.227 e.